The molecule has 132 valence electrons. The molecule has 1 amide bonds. The number of para-hydroxylation sites is 1. The second-order valence-electron chi connectivity index (χ2n) is 5.97. The van der Waals surface area contributed by atoms with Gasteiger partial charge in [-0.15, -0.1) is 0 Å². The lowest BCUT2D eigenvalue weighted by Gasteiger charge is -2.21. The molecule has 0 spiro atoms. The van der Waals surface area contributed by atoms with Crippen LogP contribution in [0.4, 0.5) is 5.69 Å². The van der Waals surface area contributed by atoms with Crippen LogP contribution in [-0.4, -0.2) is 31.1 Å². The first-order valence-corrected chi connectivity index (χ1v) is 8.19. The molecular weight excluding hydrogens is 318 g/mol. The molecule has 0 saturated carbocycles. The molecule has 0 aliphatic carbocycles. The number of hydrogen-bond acceptors (Lipinski definition) is 4. The van der Waals surface area contributed by atoms with Crippen molar-refractivity contribution in [2.75, 3.05) is 11.9 Å². The fourth-order valence-electron chi connectivity index (χ4n) is 2.27. The van der Waals surface area contributed by atoms with Gasteiger partial charge in [0.2, 0.25) is 0 Å². The number of hydrogen-bond donors (Lipinski definition) is 0. The minimum Gasteiger partial charge on any atom is -0.491 e. The number of ether oxygens (including phenoxy) is 2. The third-order valence-electron chi connectivity index (χ3n) is 3.57. The minimum absolute atomic E-state index is 0.0592. The minimum atomic E-state index is -0.885. The van der Waals surface area contributed by atoms with Crippen molar-refractivity contribution in [3.05, 3.63) is 60.2 Å². The van der Waals surface area contributed by atoms with Crippen molar-refractivity contribution in [2.24, 2.45) is 0 Å². The number of carbonyl (C=O) groups is 2. The molecule has 1 atom stereocenters. The zero-order valence-electron chi connectivity index (χ0n) is 14.9. The summed E-state index contributed by atoms with van der Waals surface area (Å²) in [6.45, 7) is 5.42. The largest absolute Gasteiger partial charge is 0.491 e. The van der Waals surface area contributed by atoms with Gasteiger partial charge in [0.15, 0.2) is 6.10 Å². The van der Waals surface area contributed by atoms with Crippen LogP contribution in [0.25, 0.3) is 0 Å². The summed E-state index contributed by atoms with van der Waals surface area (Å²) in [4.78, 5) is 26.1. The fourth-order valence-corrected chi connectivity index (χ4v) is 2.27. The molecule has 0 aliphatic heterocycles. The highest BCUT2D eigenvalue weighted by atomic mass is 16.5. The number of rotatable bonds is 6. The molecular formula is C20H23NO4. The van der Waals surface area contributed by atoms with E-state index in [-0.39, 0.29) is 12.0 Å². The number of likely N-dealkylation sites (N-methyl/N-ethyl adjacent to an activating group) is 1. The fraction of sp³-hybridized carbons (Fsp3) is 0.300. The lowest BCUT2D eigenvalue weighted by molar-refractivity contribution is -0.126. The van der Waals surface area contributed by atoms with Crippen LogP contribution in [0, 0.1) is 0 Å². The molecule has 5 nitrogen and oxygen atoms in total. The van der Waals surface area contributed by atoms with Crippen molar-refractivity contribution in [1.82, 2.24) is 0 Å². The van der Waals surface area contributed by atoms with Crippen LogP contribution in [0.2, 0.25) is 0 Å². The Bertz CT molecular complexity index is 710. The SMILES string of the molecule is CC(C)Oc1ccc(C(=O)O[C@H](C)C(=O)N(C)c2ccccc2)cc1. The van der Waals surface area contributed by atoms with Crippen molar-refractivity contribution in [2.45, 2.75) is 33.0 Å². The molecule has 2 aromatic rings. The Kier molecular flexibility index (Phi) is 6.17. The van der Waals surface area contributed by atoms with Crippen LogP contribution < -0.4 is 9.64 Å². The maximum absolute atomic E-state index is 12.4. The zero-order chi connectivity index (χ0) is 18.4. The Morgan fingerprint density at radius 1 is 0.920 bits per heavy atom. The number of esters is 1. The summed E-state index contributed by atoms with van der Waals surface area (Å²) < 4.78 is 10.8. The molecule has 5 heteroatoms. The molecule has 0 unspecified atom stereocenters. The monoisotopic (exact) mass is 341 g/mol. The summed E-state index contributed by atoms with van der Waals surface area (Å²) in [5.74, 6) is -0.155. The van der Waals surface area contributed by atoms with E-state index >= 15 is 0 Å². The van der Waals surface area contributed by atoms with Gasteiger partial charge in [-0.1, -0.05) is 18.2 Å². The van der Waals surface area contributed by atoms with Crippen LogP contribution in [-0.2, 0) is 9.53 Å². The standard InChI is InChI=1S/C20H23NO4/c1-14(2)24-18-12-10-16(11-13-18)20(23)25-15(3)19(22)21(4)17-8-6-5-7-9-17/h5-15H,1-4H3/t15-/m1/s1. The maximum Gasteiger partial charge on any atom is 0.338 e. The van der Waals surface area contributed by atoms with Crippen LogP contribution in [0.1, 0.15) is 31.1 Å². The quantitative estimate of drug-likeness (QED) is 0.752. The summed E-state index contributed by atoms with van der Waals surface area (Å²) in [6.07, 6.45) is -0.826. The Labute approximate surface area is 148 Å². The number of benzene rings is 2. The molecule has 0 N–H and O–H groups in total. The number of carbonyl (C=O) groups excluding carboxylic acids is 2. The third kappa shape index (κ3) is 5.08. The smallest absolute Gasteiger partial charge is 0.338 e. The van der Waals surface area contributed by atoms with Crippen LogP contribution in [0.3, 0.4) is 0 Å². The van der Waals surface area contributed by atoms with Crippen molar-refractivity contribution in [3.8, 4) is 5.75 Å². The van der Waals surface area contributed by atoms with Gasteiger partial charge in [0, 0.05) is 12.7 Å². The van der Waals surface area contributed by atoms with Crippen LogP contribution >= 0.6 is 0 Å². The molecule has 0 bridgehead atoms. The van der Waals surface area contributed by atoms with E-state index in [9.17, 15) is 9.59 Å². The Morgan fingerprint density at radius 3 is 2.08 bits per heavy atom. The van der Waals surface area contributed by atoms with Crippen molar-refractivity contribution >= 4 is 17.6 Å². The molecule has 0 radical (unpaired) electrons. The van der Waals surface area contributed by atoms with E-state index in [1.807, 2.05) is 44.2 Å². The van der Waals surface area contributed by atoms with Crippen LogP contribution in [0.5, 0.6) is 5.75 Å². The average Bonchev–Trinajstić information content (AvgIpc) is 2.61. The van der Waals surface area contributed by atoms with Gasteiger partial charge in [0.25, 0.3) is 5.91 Å². The third-order valence-corrected chi connectivity index (χ3v) is 3.57. The number of anilines is 1. The average molecular weight is 341 g/mol. The highest BCUT2D eigenvalue weighted by molar-refractivity contribution is 5.98. The lowest BCUT2D eigenvalue weighted by atomic mass is 10.2. The topological polar surface area (TPSA) is 55.8 Å². The molecule has 0 saturated heterocycles. The molecule has 0 aromatic heterocycles. The zero-order valence-corrected chi connectivity index (χ0v) is 14.9. The van der Waals surface area contributed by atoms with Crippen molar-refractivity contribution < 1.29 is 19.1 Å². The van der Waals surface area contributed by atoms with Gasteiger partial charge in [0.1, 0.15) is 5.75 Å². The second kappa shape index (κ2) is 8.33. The summed E-state index contributed by atoms with van der Waals surface area (Å²) in [5.41, 5.74) is 1.11. The predicted molar refractivity (Wildman–Crippen MR) is 96.9 cm³/mol. The van der Waals surface area contributed by atoms with Crippen molar-refractivity contribution in [1.29, 1.82) is 0 Å². The molecule has 25 heavy (non-hydrogen) atoms. The normalized spacial score (nSPS) is 11.7. The van der Waals surface area contributed by atoms with E-state index < -0.39 is 12.1 Å². The van der Waals surface area contributed by atoms with Gasteiger partial charge in [-0.25, -0.2) is 4.79 Å². The Hall–Kier alpha value is -2.82. The second-order valence-corrected chi connectivity index (χ2v) is 5.97. The first kappa shape index (κ1) is 18.5. The number of amides is 1. The van der Waals surface area contributed by atoms with Gasteiger partial charge < -0.3 is 14.4 Å². The van der Waals surface area contributed by atoms with Crippen molar-refractivity contribution in [3.63, 3.8) is 0 Å². The van der Waals surface area contributed by atoms with Gasteiger partial charge in [0.05, 0.1) is 11.7 Å². The van der Waals surface area contributed by atoms with E-state index in [0.717, 1.165) is 5.69 Å². The van der Waals surface area contributed by atoms with E-state index in [4.69, 9.17) is 9.47 Å². The van der Waals surface area contributed by atoms with Gasteiger partial charge in [-0.3, -0.25) is 4.79 Å². The molecule has 0 fully saturated rings. The number of nitrogens with zero attached hydrogens (tertiary/aromatic N) is 1. The van der Waals surface area contributed by atoms with Gasteiger partial charge >= 0.3 is 5.97 Å². The van der Waals surface area contributed by atoms with Crippen LogP contribution in [0.15, 0.2) is 54.6 Å². The van der Waals surface area contributed by atoms with E-state index in [0.29, 0.717) is 11.3 Å². The maximum atomic E-state index is 12.4. The summed E-state index contributed by atoms with van der Waals surface area (Å²) in [7, 11) is 1.65. The molecule has 0 heterocycles. The summed E-state index contributed by atoms with van der Waals surface area (Å²) >= 11 is 0. The first-order valence-electron chi connectivity index (χ1n) is 8.19. The first-order chi connectivity index (χ1) is 11.9. The molecule has 2 rings (SSSR count). The van der Waals surface area contributed by atoms with Gasteiger partial charge in [-0.2, -0.15) is 0 Å². The highest BCUT2D eigenvalue weighted by Gasteiger charge is 2.23. The Morgan fingerprint density at radius 2 is 1.52 bits per heavy atom. The molecule has 2 aromatic carbocycles. The van der Waals surface area contributed by atoms with E-state index in [2.05, 4.69) is 0 Å². The molecule has 0 aliphatic rings. The summed E-state index contributed by atoms with van der Waals surface area (Å²) in [5, 5.41) is 0. The highest BCUT2D eigenvalue weighted by Crippen LogP contribution is 2.16. The lowest BCUT2D eigenvalue weighted by Crippen LogP contribution is -2.37. The Balaban J connectivity index is 1.98. The summed E-state index contributed by atoms with van der Waals surface area (Å²) in [6, 6.07) is 15.9. The van der Waals surface area contributed by atoms with E-state index in [1.165, 1.54) is 4.90 Å². The van der Waals surface area contributed by atoms with Gasteiger partial charge in [-0.05, 0) is 57.2 Å². The predicted octanol–water partition coefficient (Wildman–Crippen LogP) is 3.68. The van der Waals surface area contributed by atoms with E-state index in [1.54, 1.807) is 38.2 Å².